The van der Waals surface area contributed by atoms with Crippen molar-refractivity contribution in [3.63, 3.8) is 0 Å². The van der Waals surface area contributed by atoms with Crippen LogP contribution in [0.15, 0.2) is 81.8 Å². The monoisotopic (exact) mass is 453 g/mol. The molecular formula is C23H12BrN5O. The van der Waals surface area contributed by atoms with Gasteiger partial charge in [0.1, 0.15) is 0 Å². The number of nitrogens with zero attached hydrogens (tertiary/aromatic N) is 5. The van der Waals surface area contributed by atoms with E-state index in [4.69, 9.17) is 9.40 Å². The van der Waals surface area contributed by atoms with Gasteiger partial charge in [-0.15, -0.1) is 10.2 Å². The Balaban J connectivity index is 1.63. The molecule has 0 N–H and O–H groups in total. The Bertz CT molecular complexity index is 1510. The number of hydrogen-bond donors (Lipinski definition) is 0. The van der Waals surface area contributed by atoms with Gasteiger partial charge in [0, 0.05) is 27.0 Å². The lowest BCUT2D eigenvalue weighted by Crippen LogP contribution is -1.97. The van der Waals surface area contributed by atoms with Crippen LogP contribution >= 0.6 is 15.9 Å². The molecule has 30 heavy (non-hydrogen) atoms. The average molecular weight is 454 g/mol. The molecule has 0 fully saturated rings. The van der Waals surface area contributed by atoms with Gasteiger partial charge >= 0.3 is 0 Å². The minimum Gasteiger partial charge on any atom is -0.416 e. The zero-order chi connectivity index (χ0) is 20.1. The van der Waals surface area contributed by atoms with Crippen molar-refractivity contribution < 1.29 is 4.42 Å². The Labute approximate surface area is 179 Å². The van der Waals surface area contributed by atoms with Crippen molar-refractivity contribution in [1.29, 1.82) is 0 Å². The number of benzene rings is 2. The molecule has 0 unspecified atom stereocenters. The van der Waals surface area contributed by atoms with Crippen LogP contribution < -0.4 is 0 Å². The van der Waals surface area contributed by atoms with E-state index in [0.29, 0.717) is 23.1 Å². The summed E-state index contributed by atoms with van der Waals surface area (Å²) in [7, 11) is 0. The highest BCUT2D eigenvalue weighted by atomic mass is 79.9. The van der Waals surface area contributed by atoms with Crippen molar-refractivity contribution >= 4 is 37.9 Å². The summed E-state index contributed by atoms with van der Waals surface area (Å²) in [5, 5.41) is 10.6. The molecule has 0 bridgehead atoms. The van der Waals surface area contributed by atoms with Crippen molar-refractivity contribution in [2.45, 2.75) is 0 Å². The summed E-state index contributed by atoms with van der Waals surface area (Å²) >= 11 is 3.49. The van der Waals surface area contributed by atoms with Gasteiger partial charge in [-0.2, -0.15) is 0 Å². The summed E-state index contributed by atoms with van der Waals surface area (Å²) in [5.41, 5.74) is 4.53. The highest BCUT2D eigenvalue weighted by Gasteiger charge is 2.21. The van der Waals surface area contributed by atoms with Crippen LogP contribution in [0.2, 0.25) is 0 Å². The fraction of sp³-hybridized carbons (Fsp3) is 0. The molecule has 142 valence electrons. The minimum atomic E-state index is 0.362. The second kappa shape index (κ2) is 6.67. The molecule has 4 heterocycles. The third-order valence-electron chi connectivity index (χ3n) is 4.94. The first-order chi connectivity index (χ1) is 14.8. The summed E-state index contributed by atoms with van der Waals surface area (Å²) in [5.74, 6) is 0.805. The van der Waals surface area contributed by atoms with Crippen LogP contribution in [-0.4, -0.2) is 25.1 Å². The number of hydrogen-bond acceptors (Lipinski definition) is 6. The maximum atomic E-state index is 6.12. The molecule has 0 saturated carbocycles. The molecule has 7 heteroatoms. The Morgan fingerprint density at radius 3 is 2.57 bits per heavy atom. The van der Waals surface area contributed by atoms with Gasteiger partial charge < -0.3 is 4.42 Å². The Morgan fingerprint density at radius 1 is 0.767 bits per heavy atom. The van der Waals surface area contributed by atoms with Crippen LogP contribution in [-0.2, 0) is 0 Å². The quantitative estimate of drug-likeness (QED) is 0.331. The number of aromatic nitrogens is 5. The van der Waals surface area contributed by atoms with Crippen molar-refractivity contribution in [3.8, 4) is 34.3 Å². The highest BCUT2D eigenvalue weighted by molar-refractivity contribution is 9.10. The Kier molecular flexibility index (Phi) is 3.82. The zero-order valence-corrected chi connectivity index (χ0v) is 17.0. The molecule has 2 aromatic carbocycles. The van der Waals surface area contributed by atoms with Gasteiger partial charge in [0.05, 0.1) is 16.8 Å². The first-order valence-corrected chi connectivity index (χ1v) is 10.1. The summed E-state index contributed by atoms with van der Waals surface area (Å²) < 4.78 is 7.07. The molecule has 6 nitrogen and oxygen atoms in total. The maximum Gasteiger partial charge on any atom is 0.250 e. The van der Waals surface area contributed by atoms with Gasteiger partial charge in [0.2, 0.25) is 5.89 Å². The number of rotatable bonds is 2. The standard InChI is InChI=1S/C23H12BrN5O/c24-15-8-9-18-16(12-15)20-23(26-18)30-22(29-28-20)17-11-14-7-4-10-25-21(14)27-19(17)13-5-2-1-3-6-13/h1-12H. The van der Waals surface area contributed by atoms with E-state index >= 15 is 0 Å². The smallest absolute Gasteiger partial charge is 0.250 e. The number of pyridine rings is 2. The van der Waals surface area contributed by atoms with Crippen LogP contribution in [0.5, 0.6) is 0 Å². The molecule has 2 aliphatic heterocycles. The van der Waals surface area contributed by atoms with Gasteiger partial charge in [-0.1, -0.05) is 46.3 Å². The number of halogens is 1. The van der Waals surface area contributed by atoms with Crippen molar-refractivity contribution in [2.24, 2.45) is 0 Å². The molecule has 0 saturated heterocycles. The van der Waals surface area contributed by atoms with Crippen LogP contribution in [0.3, 0.4) is 0 Å². The van der Waals surface area contributed by atoms with E-state index in [9.17, 15) is 0 Å². The fourth-order valence-electron chi connectivity index (χ4n) is 3.54. The van der Waals surface area contributed by atoms with E-state index < -0.39 is 0 Å². The minimum absolute atomic E-state index is 0.362. The Hall–Kier alpha value is -3.71. The van der Waals surface area contributed by atoms with Crippen molar-refractivity contribution in [1.82, 2.24) is 25.1 Å². The van der Waals surface area contributed by atoms with Crippen LogP contribution in [0.25, 0.3) is 56.2 Å². The number of fused-ring (bicyclic) bond motifs is 4. The molecule has 0 amide bonds. The summed E-state index contributed by atoms with van der Waals surface area (Å²) in [6.07, 6.45) is 1.73. The molecule has 0 atom stereocenters. The predicted octanol–water partition coefficient (Wildman–Crippen LogP) is 5.76. The van der Waals surface area contributed by atoms with E-state index in [1.54, 1.807) is 6.20 Å². The van der Waals surface area contributed by atoms with E-state index in [1.807, 2.05) is 66.7 Å². The molecule has 0 spiro atoms. The molecule has 0 aliphatic carbocycles. The predicted molar refractivity (Wildman–Crippen MR) is 118 cm³/mol. The van der Waals surface area contributed by atoms with Gasteiger partial charge in [-0.25, -0.2) is 15.0 Å². The molecular weight excluding hydrogens is 442 g/mol. The Morgan fingerprint density at radius 2 is 1.67 bits per heavy atom. The highest BCUT2D eigenvalue weighted by Crippen LogP contribution is 2.36. The normalized spacial score (nSPS) is 11.5. The SMILES string of the molecule is Brc1ccc2nc3oc(-c4cc5cccnc5nc4-c4ccccc4)nnc-3c2c1. The molecule has 0 radical (unpaired) electrons. The largest absolute Gasteiger partial charge is 0.416 e. The van der Waals surface area contributed by atoms with Crippen molar-refractivity contribution in [2.75, 3.05) is 0 Å². The third-order valence-corrected chi connectivity index (χ3v) is 5.43. The van der Waals surface area contributed by atoms with E-state index in [0.717, 1.165) is 37.6 Å². The molecule has 2 aliphatic rings. The molecule has 6 rings (SSSR count). The van der Waals surface area contributed by atoms with Gasteiger partial charge in [-0.05, 0) is 36.4 Å². The van der Waals surface area contributed by atoms with Crippen molar-refractivity contribution in [3.05, 3.63) is 77.4 Å². The topological polar surface area (TPSA) is 77.6 Å². The van der Waals surface area contributed by atoms with Gasteiger partial charge in [-0.3, -0.25) is 0 Å². The lowest BCUT2D eigenvalue weighted by molar-refractivity contribution is 0.531. The summed E-state index contributed by atoms with van der Waals surface area (Å²) in [6, 6.07) is 21.6. The lowest BCUT2D eigenvalue weighted by atomic mass is 10.0. The van der Waals surface area contributed by atoms with Gasteiger partial charge in [0.25, 0.3) is 5.89 Å². The second-order valence-electron chi connectivity index (χ2n) is 6.83. The maximum absolute atomic E-state index is 6.12. The van der Waals surface area contributed by atoms with Crippen LogP contribution in [0.4, 0.5) is 0 Å². The van der Waals surface area contributed by atoms with E-state index in [2.05, 4.69) is 36.1 Å². The van der Waals surface area contributed by atoms with Crippen LogP contribution in [0.1, 0.15) is 0 Å². The lowest BCUT2D eigenvalue weighted by Gasteiger charge is -2.09. The first kappa shape index (κ1) is 17.2. The third kappa shape index (κ3) is 2.74. The average Bonchev–Trinajstić information content (AvgIpc) is 3.16. The van der Waals surface area contributed by atoms with E-state index in [-0.39, 0.29) is 0 Å². The summed E-state index contributed by atoms with van der Waals surface area (Å²) in [4.78, 5) is 13.8. The summed E-state index contributed by atoms with van der Waals surface area (Å²) in [6.45, 7) is 0. The first-order valence-electron chi connectivity index (χ1n) is 9.30. The molecule has 2 aromatic heterocycles. The zero-order valence-electron chi connectivity index (χ0n) is 15.5. The van der Waals surface area contributed by atoms with E-state index in [1.165, 1.54) is 0 Å². The fourth-order valence-corrected chi connectivity index (χ4v) is 3.90. The second-order valence-corrected chi connectivity index (χ2v) is 7.75. The molecule has 4 aromatic rings. The van der Waals surface area contributed by atoms with Gasteiger partial charge in [0.15, 0.2) is 11.3 Å². The van der Waals surface area contributed by atoms with Crippen LogP contribution in [0, 0.1) is 0 Å².